The highest BCUT2D eigenvalue weighted by Crippen LogP contribution is 2.26. The lowest BCUT2D eigenvalue weighted by Gasteiger charge is -2.12. The highest BCUT2D eigenvalue weighted by atomic mass is 15.2. The van der Waals surface area contributed by atoms with E-state index in [0.29, 0.717) is 6.04 Å². The third kappa shape index (κ3) is 1.77. The lowest BCUT2D eigenvalue weighted by Crippen LogP contribution is -2.15. The maximum Gasteiger partial charge on any atom is 0.204 e. The van der Waals surface area contributed by atoms with Gasteiger partial charge in [0.2, 0.25) is 5.95 Å². The molecule has 0 unspecified atom stereocenters. The van der Waals surface area contributed by atoms with E-state index in [1.54, 1.807) is 6.33 Å². The van der Waals surface area contributed by atoms with E-state index in [1.165, 1.54) is 25.7 Å². The van der Waals surface area contributed by atoms with Gasteiger partial charge < -0.3 is 10.6 Å². The van der Waals surface area contributed by atoms with E-state index in [4.69, 9.17) is 0 Å². The Hall–Kier alpha value is -1.85. The number of imidazole rings is 1. The molecule has 3 rings (SSSR count). The van der Waals surface area contributed by atoms with Crippen LogP contribution in [0, 0.1) is 0 Å². The van der Waals surface area contributed by atoms with Crippen LogP contribution in [0.1, 0.15) is 25.7 Å². The number of nitrogens with zero attached hydrogens (tertiary/aromatic N) is 4. The first kappa shape index (κ1) is 11.3. The number of aryl methyl sites for hydroxylation is 1. The Balaban J connectivity index is 2.00. The molecular formula is C12H18N6. The van der Waals surface area contributed by atoms with Crippen molar-refractivity contribution in [3.63, 3.8) is 0 Å². The SMILES string of the molecule is CNc1nc2c(NC3CCCC3)ncnc2n1C. The number of fused-ring (bicyclic) bond motifs is 1. The van der Waals surface area contributed by atoms with E-state index in [0.717, 1.165) is 22.9 Å². The van der Waals surface area contributed by atoms with Gasteiger partial charge in [-0.15, -0.1) is 0 Å². The van der Waals surface area contributed by atoms with E-state index >= 15 is 0 Å². The highest BCUT2D eigenvalue weighted by molar-refractivity contribution is 5.85. The fourth-order valence-electron chi connectivity index (χ4n) is 2.59. The van der Waals surface area contributed by atoms with Crippen molar-refractivity contribution in [3.05, 3.63) is 6.33 Å². The summed E-state index contributed by atoms with van der Waals surface area (Å²) in [6, 6.07) is 0.531. The van der Waals surface area contributed by atoms with Crippen LogP contribution in [0.5, 0.6) is 0 Å². The summed E-state index contributed by atoms with van der Waals surface area (Å²) >= 11 is 0. The molecule has 1 aliphatic carbocycles. The third-order valence-electron chi connectivity index (χ3n) is 3.58. The maximum atomic E-state index is 4.54. The van der Waals surface area contributed by atoms with Gasteiger partial charge in [-0.1, -0.05) is 12.8 Å². The lowest BCUT2D eigenvalue weighted by atomic mass is 10.2. The average molecular weight is 246 g/mol. The van der Waals surface area contributed by atoms with Gasteiger partial charge >= 0.3 is 0 Å². The molecule has 96 valence electrons. The van der Waals surface area contributed by atoms with Crippen molar-refractivity contribution in [3.8, 4) is 0 Å². The Morgan fingerprint density at radius 1 is 1.28 bits per heavy atom. The quantitative estimate of drug-likeness (QED) is 0.863. The average Bonchev–Trinajstić information content (AvgIpc) is 2.99. The molecular weight excluding hydrogens is 228 g/mol. The monoisotopic (exact) mass is 246 g/mol. The molecule has 0 radical (unpaired) electrons. The fourth-order valence-corrected chi connectivity index (χ4v) is 2.59. The molecule has 0 amide bonds. The van der Waals surface area contributed by atoms with Crippen LogP contribution in [0.2, 0.25) is 0 Å². The number of nitrogens with one attached hydrogen (secondary N) is 2. The van der Waals surface area contributed by atoms with Crippen LogP contribution in [0.4, 0.5) is 11.8 Å². The minimum absolute atomic E-state index is 0.531. The molecule has 2 aromatic heterocycles. The molecule has 0 aromatic carbocycles. The zero-order valence-electron chi connectivity index (χ0n) is 10.8. The van der Waals surface area contributed by atoms with Gasteiger partial charge in [-0.2, -0.15) is 0 Å². The third-order valence-corrected chi connectivity index (χ3v) is 3.58. The Labute approximate surface area is 106 Å². The standard InChI is InChI=1S/C12H18N6/c1-13-12-17-9-10(16-8-5-3-4-6-8)14-7-15-11(9)18(12)2/h7-8H,3-6H2,1-2H3,(H,13,17)(H,14,15,16). The summed E-state index contributed by atoms with van der Waals surface area (Å²) in [7, 11) is 3.81. The van der Waals surface area contributed by atoms with Gasteiger partial charge in [0.1, 0.15) is 6.33 Å². The normalized spacial score (nSPS) is 16.3. The molecule has 18 heavy (non-hydrogen) atoms. The molecule has 0 saturated heterocycles. The van der Waals surface area contributed by atoms with Crippen LogP contribution in [0.15, 0.2) is 6.33 Å². The van der Waals surface area contributed by atoms with Gasteiger partial charge in [-0.05, 0) is 12.8 Å². The Morgan fingerprint density at radius 2 is 2.06 bits per heavy atom. The number of hydrogen-bond acceptors (Lipinski definition) is 5. The van der Waals surface area contributed by atoms with Gasteiger partial charge in [-0.25, -0.2) is 15.0 Å². The summed E-state index contributed by atoms with van der Waals surface area (Å²) in [6.45, 7) is 0. The van der Waals surface area contributed by atoms with Crippen LogP contribution >= 0.6 is 0 Å². The van der Waals surface area contributed by atoms with Crippen LogP contribution in [0.25, 0.3) is 11.2 Å². The number of anilines is 2. The molecule has 0 bridgehead atoms. The molecule has 6 heteroatoms. The summed E-state index contributed by atoms with van der Waals surface area (Å²) in [4.78, 5) is 13.2. The van der Waals surface area contributed by atoms with Gasteiger partial charge in [0.25, 0.3) is 0 Å². The van der Waals surface area contributed by atoms with Crippen LogP contribution in [-0.2, 0) is 7.05 Å². The van der Waals surface area contributed by atoms with Gasteiger partial charge in [0.05, 0.1) is 0 Å². The first-order valence-electron chi connectivity index (χ1n) is 6.41. The first-order chi connectivity index (χ1) is 8.79. The summed E-state index contributed by atoms with van der Waals surface area (Å²) in [6.07, 6.45) is 6.64. The van der Waals surface area contributed by atoms with E-state index in [9.17, 15) is 0 Å². The van der Waals surface area contributed by atoms with Crippen molar-refractivity contribution in [1.82, 2.24) is 19.5 Å². The Morgan fingerprint density at radius 3 is 2.78 bits per heavy atom. The largest absolute Gasteiger partial charge is 0.365 e. The predicted octanol–water partition coefficient (Wildman–Crippen LogP) is 1.76. The molecule has 1 fully saturated rings. The lowest BCUT2D eigenvalue weighted by molar-refractivity contribution is 0.751. The molecule has 0 aliphatic heterocycles. The fraction of sp³-hybridized carbons (Fsp3) is 0.583. The summed E-state index contributed by atoms with van der Waals surface area (Å²) in [5, 5.41) is 6.56. The molecule has 2 N–H and O–H groups in total. The summed E-state index contributed by atoms with van der Waals surface area (Å²) in [5.41, 5.74) is 1.70. The van der Waals surface area contributed by atoms with Crippen LogP contribution in [-0.4, -0.2) is 32.6 Å². The van der Waals surface area contributed by atoms with Gasteiger partial charge in [0, 0.05) is 20.1 Å². The maximum absolute atomic E-state index is 4.54. The van der Waals surface area contributed by atoms with Crippen molar-refractivity contribution in [2.24, 2.45) is 7.05 Å². The minimum Gasteiger partial charge on any atom is -0.365 e. The van der Waals surface area contributed by atoms with E-state index in [1.807, 2.05) is 18.7 Å². The number of aromatic nitrogens is 4. The molecule has 2 aromatic rings. The van der Waals surface area contributed by atoms with Crippen molar-refractivity contribution in [1.29, 1.82) is 0 Å². The van der Waals surface area contributed by atoms with E-state index in [-0.39, 0.29) is 0 Å². The Bertz CT molecular complexity index is 555. The minimum atomic E-state index is 0.531. The smallest absolute Gasteiger partial charge is 0.204 e. The number of hydrogen-bond donors (Lipinski definition) is 2. The number of rotatable bonds is 3. The molecule has 0 atom stereocenters. The topological polar surface area (TPSA) is 67.7 Å². The Kier molecular flexibility index (Phi) is 2.77. The summed E-state index contributed by atoms with van der Waals surface area (Å²) < 4.78 is 1.94. The second kappa shape index (κ2) is 4.44. The molecule has 6 nitrogen and oxygen atoms in total. The molecule has 0 spiro atoms. The van der Waals surface area contributed by atoms with Crippen molar-refractivity contribution in [2.75, 3.05) is 17.7 Å². The zero-order chi connectivity index (χ0) is 12.5. The van der Waals surface area contributed by atoms with Crippen molar-refractivity contribution >= 4 is 22.9 Å². The van der Waals surface area contributed by atoms with Crippen LogP contribution < -0.4 is 10.6 Å². The first-order valence-corrected chi connectivity index (χ1v) is 6.41. The highest BCUT2D eigenvalue weighted by Gasteiger charge is 2.18. The van der Waals surface area contributed by atoms with E-state index in [2.05, 4.69) is 25.6 Å². The molecule has 1 saturated carbocycles. The van der Waals surface area contributed by atoms with Gasteiger partial charge in [0.15, 0.2) is 17.0 Å². The zero-order valence-corrected chi connectivity index (χ0v) is 10.8. The molecule has 2 heterocycles. The second-order valence-corrected chi connectivity index (χ2v) is 4.76. The van der Waals surface area contributed by atoms with Gasteiger partial charge in [-0.3, -0.25) is 4.57 Å². The van der Waals surface area contributed by atoms with E-state index < -0.39 is 0 Å². The van der Waals surface area contributed by atoms with Crippen LogP contribution in [0.3, 0.4) is 0 Å². The molecule has 1 aliphatic rings. The predicted molar refractivity (Wildman–Crippen MR) is 71.7 cm³/mol. The second-order valence-electron chi connectivity index (χ2n) is 4.76. The van der Waals surface area contributed by atoms with Crippen molar-refractivity contribution in [2.45, 2.75) is 31.7 Å². The van der Waals surface area contributed by atoms with Crippen molar-refractivity contribution < 1.29 is 0 Å². The summed E-state index contributed by atoms with van der Waals surface area (Å²) in [5.74, 6) is 1.66.